The minimum atomic E-state index is -0.769. The van der Waals surface area contributed by atoms with E-state index in [0.717, 1.165) is 16.6 Å². The summed E-state index contributed by atoms with van der Waals surface area (Å²) in [5, 5.41) is 5.53. The number of nitrogens with one attached hydrogen (secondary N) is 2. The van der Waals surface area contributed by atoms with Gasteiger partial charge in [0.2, 0.25) is 5.91 Å². The number of benzene rings is 2. The van der Waals surface area contributed by atoms with Gasteiger partial charge in [-0.3, -0.25) is 9.59 Å². The predicted molar refractivity (Wildman–Crippen MR) is 105 cm³/mol. The fourth-order valence-electron chi connectivity index (χ4n) is 2.35. The second-order valence-electron chi connectivity index (χ2n) is 6.00. The maximum absolute atomic E-state index is 13.4. The van der Waals surface area contributed by atoms with Crippen LogP contribution in [0.5, 0.6) is 5.75 Å². The minimum Gasteiger partial charge on any atom is -0.491 e. The molecule has 2 rings (SSSR count). The summed E-state index contributed by atoms with van der Waals surface area (Å²) in [5.41, 5.74) is 0.566. The Morgan fingerprint density at radius 2 is 1.79 bits per heavy atom. The maximum atomic E-state index is 13.4. The van der Waals surface area contributed by atoms with Crippen molar-refractivity contribution in [1.82, 2.24) is 10.6 Å². The molecule has 0 atom stereocenters. The number of carbonyl (C=O) groups excluding carboxylic acids is 2. The highest BCUT2D eigenvalue weighted by Gasteiger charge is 2.07. The first-order chi connectivity index (χ1) is 13.5. The van der Waals surface area contributed by atoms with E-state index in [1.165, 1.54) is 6.07 Å². The zero-order valence-electron chi connectivity index (χ0n) is 15.1. The van der Waals surface area contributed by atoms with Gasteiger partial charge in [-0.1, -0.05) is 22.0 Å². The van der Waals surface area contributed by atoms with E-state index < -0.39 is 11.6 Å². The van der Waals surface area contributed by atoms with E-state index in [2.05, 4.69) is 26.6 Å². The van der Waals surface area contributed by atoms with Gasteiger partial charge in [0.15, 0.2) is 11.6 Å². The molecule has 0 aliphatic carbocycles. The van der Waals surface area contributed by atoms with Crippen LogP contribution < -0.4 is 15.4 Å². The van der Waals surface area contributed by atoms with Gasteiger partial charge in [-0.2, -0.15) is 0 Å². The summed E-state index contributed by atoms with van der Waals surface area (Å²) in [6.07, 6.45) is 1.23. The van der Waals surface area contributed by atoms with E-state index in [1.807, 2.05) is 6.07 Å². The Bertz CT molecular complexity index is 818. The monoisotopic (exact) mass is 454 g/mol. The molecule has 2 amide bonds. The van der Waals surface area contributed by atoms with Crippen molar-refractivity contribution in [2.75, 3.05) is 19.7 Å². The number of hydrogen-bond acceptors (Lipinski definition) is 3. The zero-order valence-corrected chi connectivity index (χ0v) is 16.7. The quantitative estimate of drug-likeness (QED) is 0.536. The molecule has 0 unspecified atom stereocenters. The van der Waals surface area contributed by atoms with Gasteiger partial charge in [0, 0.05) is 35.6 Å². The van der Waals surface area contributed by atoms with E-state index in [-0.39, 0.29) is 30.6 Å². The van der Waals surface area contributed by atoms with E-state index in [4.69, 9.17) is 4.74 Å². The summed E-state index contributed by atoms with van der Waals surface area (Å²) in [6, 6.07) is 10.2. The molecule has 0 aliphatic rings. The molecule has 0 fully saturated rings. The molecule has 0 spiro atoms. The smallest absolute Gasteiger partial charge is 0.251 e. The fourth-order valence-corrected chi connectivity index (χ4v) is 2.74. The summed E-state index contributed by atoms with van der Waals surface area (Å²) in [7, 11) is 0. The highest BCUT2D eigenvalue weighted by Crippen LogP contribution is 2.17. The summed E-state index contributed by atoms with van der Waals surface area (Å²) in [4.78, 5) is 23.7. The van der Waals surface area contributed by atoms with Crippen LogP contribution in [0.3, 0.4) is 0 Å². The van der Waals surface area contributed by atoms with Crippen molar-refractivity contribution in [3.8, 4) is 5.75 Å². The van der Waals surface area contributed by atoms with Crippen LogP contribution in [0.2, 0.25) is 0 Å². The molecular formula is C20H21BrF2N2O3. The highest BCUT2D eigenvalue weighted by molar-refractivity contribution is 9.10. The molecular weight excluding hydrogens is 434 g/mol. The first-order valence-electron chi connectivity index (χ1n) is 8.84. The van der Waals surface area contributed by atoms with Gasteiger partial charge >= 0.3 is 0 Å². The van der Waals surface area contributed by atoms with Crippen molar-refractivity contribution in [2.24, 2.45) is 0 Å². The Hall–Kier alpha value is -2.48. The zero-order chi connectivity index (χ0) is 20.4. The Kier molecular flexibility index (Phi) is 8.87. The number of ether oxygens (including phenoxy) is 1. The Balaban J connectivity index is 1.53. The first-order valence-corrected chi connectivity index (χ1v) is 9.63. The predicted octanol–water partition coefficient (Wildman–Crippen LogP) is 3.82. The molecule has 5 nitrogen and oxygen atoms in total. The second-order valence-corrected chi connectivity index (χ2v) is 6.91. The number of halogens is 3. The average molecular weight is 455 g/mol. The van der Waals surface area contributed by atoms with Crippen LogP contribution in [0.15, 0.2) is 46.9 Å². The molecule has 0 aromatic heterocycles. The molecule has 150 valence electrons. The lowest BCUT2D eigenvalue weighted by atomic mass is 10.2. The Morgan fingerprint density at radius 3 is 2.54 bits per heavy atom. The van der Waals surface area contributed by atoms with Gasteiger partial charge in [0.05, 0.1) is 6.61 Å². The van der Waals surface area contributed by atoms with Crippen molar-refractivity contribution < 1.29 is 23.1 Å². The molecule has 2 aromatic rings. The van der Waals surface area contributed by atoms with Crippen LogP contribution in [0.4, 0.5) is 8.78 Å². The third-order valence-corrected chi connectivity index (χ3v) is 4.24. The Labute approximate surface area is 170 Å². The number of amides is 2. The highest BCUT2D eigenvalue weighted by atomic mass is 79.9. The lowest BCUT2D eigenvalue weighted by molar-refractivity contribution is -0.121. The van der Waals surface area contributed by atoms with Crippen molar-refractivity contribution in [3.05, 3.63) is 64.1 Å². The van der Waals surface area contributed by atoms with E-state index >= 15 is 0 Å². The van der Waals surface area contributed by atoms with Crippen LogP contribution >= 0.6 is 15.9 Å². The minimum absolute atomic E-state index is 0.0389. The standard InChI is InChI=1S/C20H21BrF2N2O3/c21-15-5-1-4-14(12-15)20(27)25-10-3-9-24-19(26)6-2-11-28-18-8-7-16(22)13-17(18)23/h1,4-5,7-8,12-13H,2-3,6,9-11H2,(H,24,26)(H,25,27). The topological polar surface area (TPSA) is 67.4 Å². The van der Waals surface area contributed by atoms with Gasteiger partial charge in [0.25, 0.3) is 5.91 Å². The molecule has 0 aliphatic heterocycles. The second kappa shape index (κ2) is 11.4. The molecule has 0 saturated carbocycles. The lowest BCUT2D eigenvalue weighted by Gasteiger charge is -2.08. The van der Waals surface area contributed by atoms with E-state index in [9.17, 15) is 18.4 Å². The summed E-state index contributed by atoms with van der Waals surface area (Å²) in [6.45, 7) is 1.03. The van der Waals surface area contributed by atoms with Crippen LogP contribution in [-0.4, -0.2) is 31.5 Å². The van der Waals surface area contributed by atoms with Crippen LogP contribution in [-0.2, 0) is 4.79 Å². The number of rotatable bonds is 10. The van der Waals surface area contributed by atoms with E-state index in [0.29, 0.717) is 31.5 Å². The molecule has 2 aromatic carbocycles. The summed E-state index contributed by atoms with van der Waals surface area (Å²) in [5.74, 6) is -1.80. The normalized spacial score (nSPS) is 10.4. The summed E-state index contributed by atoms with van der Waals surface area (Å²) < 4.78 is 32.2. The third-order valence-electron chi connectivity index (χ3n) is 3.75. The molecule has 0 radical (unpaired) electrons. The molecule has 28 heavy (non-hydrogen) atoms. The van der Waals surface area contributed by atoms with Crippen LogP contribution in [0.25, 0.3) is 0 Å². The van der Waals surface area contributed by atoms with Gasteiger partial charge in [-0.15, -0.1) is 0 Å². The first kappa shape index (κ1) is 21.8. The van der Waals surface area contributed by atoms with Gasteiger partial charge in [-0.25, -0.2) is 8.78 Å². The molecule has 0 heterocycles. The van der Waals surface area contributed by atoms with Crippen molar-refractivity contribution >= 4 is 27.7 Å². The van der Waals surface area contributed by atoms with Crippen molar-refractivity contribution in [3.63, 3.8) is 0 Å². The largest absolute Gasteiger partial charge is 0.491 e. The lowest BCUT2D eigenvalue weighted by Crippen LogP contribution is -2.30. The number of carbonyl (C=O) groups is 2. The van der Waals surface area contributed by atoms with Gasteiger partial charge in [0.1, 0.15) is 5.82 Å². The van der Waals surface area contributed by atoms with Crippen LogP contribution in [0, 0.1) is 11.6 Å². The van der Waals surface area contributed by atoms with E-state index in [1.54, 1.807) is 18.2 Å². The van der Waals surface area contributed by atoms with Gasteiger partial charge < -0.3 is 15.4 Å². The third kappa shape index (κ3) is 7.64. The van der Waals surface area contributed by atoms with Crippen molar-refractivity contribution in [2.45, 2.75) is 19.3 Å². The number of hydrogen-bond donors (Lipinski definition) is 2. The average Bonchev–Trinajstić information content (AvgIpc) is 2.66. The molecule has 8 heteroatoms. The van der Waals surface area contributed by atoms with Gasteiger partial charge in [-0.05, 0) is 43.2 Å². The van der Waals surface area contributed by atoms with Crippen LogP contribution in [0.1, 0.15) is 29.6 Å². The Morgan fingerprint density at radius 1 is 1.00 bits per heavy atom. The maximum Gasteiger partial charge on any atom is 0.251 e. The fraction of sp³-hybridized carbons (Fsp3) is 0.300. The molecule has 0 saturated heterocycles. The van der Waals surface area contributed by atoms with Crippen molar-refractivity contribution in [1.29, 1.82) is 0 Å². The molecule has 2 N–H and O–H groups in total. The molecule has 0 bridgehead atoms. The SMILES string of the molecule is O=C(CCCOc1ccc(F)cc1F)NCCCNC(=O)c1cccc(Br)c1. The summed E-state index contributed by atoms with van der Waals surface area (Å²) >= 11 is 3.31.